The number of aryl methyl sites for hydroxylation is 4. The maximum Gasteiger partial charge on any atom is 2.00 e. The zero-order valence-electron chi connectivity index (χ0n) is 58.3. The van der Waals surface area contributed by atoms with Gasteiger partial charge in [0.15, 0.2) is 0 Å². The van der Waals surface area contributed by atoms with E-state index in [1.165, 1.54) is 319 Å². The molecule has 0 saturated carbocycles. The molecule has 0 unspecified atom stereocenters. The summed E-state index contributed by atoms with van der Waals surface area (Å²) in [6.07, 6.45) is 72.5. The molecule has 4 aromatic rings. The second kappa shape index (κ2) is 56.0. The molecule has 0 heterocycles. The Labute approximate surface area is 591 Å². The number of unbranched alkanes of at least 4 members (excludes halogenated alkanes) is 48. The van der Waals surface area contributed by atoms with Crippen molar-refractivity contribution in [2.75, 3.05) is 0 Å². The second-order valence-electron chi connectivity index (χ2n) is 27.0. The molecule has 9 heteroatoms. The van der Waals surface area contributed by atoms with E-state index in [1.54, 1.807) is 12.1 Å². The molecule has 0 aliphatic heterocycles. The van der Waals surface area contributed by atoms with Gasteiger partial charge in [-0.05, 0) is 107 Å². The Hall–Kier alpha value is -1.21. The fourth-order valence-corrected chi connectivity index (χ4v) is 15.1. The quantitative estimate of drug-likeness (QED) is 0.0247. The summed E-state index contributed by atoms with van der Waals surface area (Å²) in [7, 11) is -9.05. The van der Waals surface area contributed by atoms with E-state index in [9.17, 15) is 25.9 Å². The fourth-order valence-electron chi connectivity index (χ4n) is 13.7. The van der Waals surface area contributed by atoms with Crippen molar-refractivity contribution >= 4 is 90.7 Å². The van der Waals surface area contributed by atoms with Crippen LogP contribution >= 0.6 is 0 Å². The van der Waals surface area contributed by atoms with Crippen LogP contribution in [0.3, 0.4) is 0 Å². The summed E-state index contributed by atoms with van der Waals surface area (Å²) in [6, 6.07) is 18.8. The van der Waals surface area contributed by atoms with E-state index < -0.39 is 20.2 Å². The van der Waals surface area contributed by atoms with Crippen molar-refractivity contribution in [2.45, 2.75) is 397 Å². The van der Waals surface area contributed by atoms with Gasteiger partial charge in [0.1, 0.15) is 20.2 Å². The number of benzene rings is 4. The van der Waals surface area contributed by atoms with Crippen molar-refractivity contribution in [1.82, 2.24) is 0 Å². The molecule has 0 spiro atoms. The largest absolute Gasteiger partial charge is 2.00 e. The molecule has 0 aromatic heterocycles. The average Bonchev–Trinajstić information content (AvgIpc) is 1.66. The summed E-state index contributed by atoms with van der Waals surface area (Å²) in [6.45, 7) is 9.10. The summed E-state index contributed by atoms with van der Waals surface area (Å²) in [5.41, 5.74) is 4.71. The summed E-state index contributed by atoms with van der Waals surface area (Å²) in [4.78, 5) is -0.0705. The number of hydrogen-bond acceptors (Lipinski definition) is 6. The minimum Gasteiger partial charge on any atom is -0.744 e. The number of rotatable bonds is 58. The predicted octanol–water partition coefficient (Wildman–Crippen LogP) is 25.6. The Morgan fingerprint density at radius 3 is 0.607 bits per heavy atom. The van der Waals surface area contributed by atoms with Gasteiger partial charge in [0.05, 0.1) is 9.79 Å². The normalized spacial score (nSPS) is 11.8. The van der Waals surface area contributed by atoms with Crippen LogP contribution in [0.4, 0.5) is 0 Å². The van der Waals surface area contributed by atoms with Crippen molar-refractivity contribution in [1.29, 1.82) is 0 Å². The summed E-state index contributed by atoms with van der Waals surface area (Å²) < 4.78 is 73.4. The van der Waals surface area contributed by atoms with Gasteiger partial charge >= 0.3 is 48.9 Å². The minimum atomic E-state index is -4.52. The van der Waals surface area contributed by atoms with Crippen LogP contribution in [0.2, 0.25) is 0 Å². The molecule has 0 atom stereocenters. The van der Waals surface area contributed by atoms with Gasteiger partial charge in [-0.15, -0.1) is 0 Å². The first kappa shape index (κ1) is 83.9. The first-order chi connectivity index (χ1) is 43.0. The molecule has 0 amide bonds. The molecule has 0 saturated heterocycles. The Kier molecular flexibility index (Phi) is 52.8. The third-order valence-corrected chi connectivity index (χ3v) is 20.9. The first-order valence-electron chi connectivity index (χ1n) is 38.0. The molecular weight excluding hydrogens is 1260 g/mol. The van der Waals surface area contributed by atoms with E-state index in [0.29, 0.717) is 10.8 Å². The van der Waals surface area contributed by atoms with E-state index in [4.69, 9.17) is 0 Å². The van der Waals surface area contributed by atoms with Crippen molar-refractivity contribution < 1.29 is 25.9 Å². The van der Waals surface area contributed by atoms with Gasteiger partial charge in [0.2, 0.25) is 0 Å². The Morgan fingerprint density at radius 1 is 0.247 bits per heavy atom. The standard InChI is InChI=1S/2C40H68O3S.Ba/c2*1-3-5-7-9-11-13-15-17-19-21-23-25-27-31-36-35-40(44(41,42)43)39-34-30-29-33-38(39)37(36)32-28-26-24-22-20-18-16-14-12-10-8-6-4-2;/h2*29-30,33-35H,3-28,31-32H2,1-2H3,(H,41,42,43);/q;;+2/p-2. The van der Waals surface area contributed by atoms with Crippen LogP contribution in [0, 0.1) is 0 Å². The summed E-state index contributed by atoms with van der Waals surface area (Å²) >= 11 is 0. The Balaban J connectivity index is 0.000000600. The maximum atomic E-state index is 12.2. The molecule has 0 aliphatic rings. The molecule has 0 fully saturated rings. The molecule has 0 aliphatic carbocycles. The average molecular weight is 1390 g/mol. The molecular formula is C80H134BaO6S2. The van der Waals surface area contributed by atoms with Gasteiger partial charge in [-0.25, -0.2) is 16.8 Å². The third kappa shape index (κ3) is 40.1. The fraction of sp³-hybridized carbons (Fsp3) is 0.750. The van der Waals surface area contributed by atoms with Crippen molar-refractivity contribution in [3.63, 3.8) is 0 Å². The summed E-state index contributed by atoms with van der Waals surface area (Å²) in [5, 5.41) is 3.13. The van der Waals surface area contributed by atoms with Gasteiger partial charge in [-0.3, -0.25) is 0 Å². The monoisotopic (exact) mass is 1390 g/mol. The van der Waals surface area contributed by atoms with Crippen LogP contribution in [0.15, 0.2) is 70.5 Å². The van der Waals surface area contributed by atoms with Gasteiger partial charge < -0.3 is 9.11 Å². The van der Waals surface area contributed by atoms with E-state index in [2.05, 4.69) is 27.7 Å². The van der Waals surface area contributed by atoms with Gasteiger partial charge in [-0.1, -0.05) is 384 Å². The maximum absolute atomic E-state index is 12.2. The van der Waals surface area contributed by atoms with Crippen molar-refractivity contribution in [3.8, 4) is 0 Å². The Bertz CT molecular complexity index is 2370. The molecule has 4 rings (SSSR count). The molecule has 0 N–H and O–H groups in total. The molecule has 0 radical (unpaired) electrons. The van der Waals surface area contributed by atoms with E-state index in [1.807, 2.05) is 48.5 Å². The predicted molar refractivity (Wildman–Crippen MR) is 387 cm³/mol. The topological polar surface area (TPSA) is 114 Å². The van der Waals surface area contributed by atoms with E-state index >= 15 is 0 Å². The van der Waals surface area contributed by atoms with Gasteiger partial charge in [-0.2, -0.15) is 0 Å². The molecule has 6 nitrogen and oxygen atoms in total. The van der Waals surface area contributed by atoms with Crippen LogP contribution in [0.1, 0.15) is 384 Å². The van der Waals surface area contributed by atoms with E-state index in [-0.39, 0.29) is 58.7 Å². The molecule has 0 bridgehead atoms. The number of fused-ring (bicyclic) bond motifs is 2. The van der Waals surface area contributed by atoms with Gasteiger partial charge in [0.25, 0.3) is 0 Å². The van der Waals surface area contributed by atoms with Crippen LogP contribution in [0.25, 0.3) is 21.5 Å². The van der Waals surface area contributed by atoms with Crippen LogP contribution in [-0.2, 0) is 45.9 Å². The molecule has 89 heavy (non-hydrogen) atoms. The minimum absolute atomic E-state index is 0. The van der Waals surface area contributed by atoms with E-state index in [0.717, 1.165) is 73.3 Å². The summed E-state index contributed by atoms with van der Waals surface area (Å²) in [5.74, 6) is 0. The SMILES string of the molecule is CCCCCCCCCCCCCCCc1cc(S(=O)(=O)[O-])c2ccccc2c1CCCCCCCCCCCCCCC.CCCCCCCCCCCCCCCc1cc(S(=O)(=O)[O-])c2ccccc2c1CCCCCCCCCCCCCCC.[Ba+2]. The zero-order valence-corrected chi connectivity index (χ0v) is 64.4. The van der Waals surface area contributed by atoms with Crippen molar-refractivity contribution in [2.24, 2.45) is 0 Å². The van der Waals surface area contributed by atoms with Crippen LogP contribution in [0.5, 0.6) is 0 Å². The van der Waals surface area contributed by atoms with Crippen LogP contribution in [-0.4, -0.2) is 74.8 Å². The second-order valence-corrected chi connectivity index (χ2v) is 29.7. The molecule has 504 valence electrons. The van der Waals surface area contributed by atoms with Crippen LogP contribution < -0.4 is 0 Å². The Morgan fingerprint density at radius 2 is 0.416 bits per heavy atom. The smallest absolute Gasteiger partial charge is 0.744 e. The van der Waals surface area contributed by atoms with Gasteiger partial charge in [0, 0.05) is 0 Å². The first-order valence-corrected chi connectivity index (χ1v) is 40.8. The van der Waals surface area contributed by atoms with Crippen molar-refractivity contribution in [3.05, 3.63) is 82.9 Å². The molecule has 4 aromatic carbocycles. The zero-order chi connectivity index (χ0) is 63.4. The number of hydrogen-bond donors (Lipinski definition) is 0. The third-order valence-electron chi connectivity index (χ3n) is 19.1.